The minimum absolute atomic E-state index is 0.0746. The van der Waals surface area contributed by atoms with Gasteiger partial charge in [-0.3, -0.25) is 0 Å². The van der Waals surface area contributed by atoms with Crippen LogP contribution < -0.4 is 5.73 Å². The van der Waals surface area contributed by atoms with Gasteiger partial charge in [0.25, 0.3) is 0 Å². The fourth-order valence-electron chi connectivity index (χ4n) is 1.09. The van der Waals surface area contributed by atoms with Gasteiger partial charge in [-0.15, -0.1) is 0 Å². The largest absolute Gasteiger partial charge is 0.417 e. The maximum atomic E-state index is 12.3. The van der Waals surface area contributed by atoms with E-state index in [4.69, 9.17) is 17.3 Å². The molecule has 2 aromatic rings. The molecule has 0 radical (unpaired) electrons. The van der Waals surface area contributed by atoms with Gasteiger partial charge in [-0.1, -0.05) is 0 Å². The van der Waals surface area contributed by atoms with E-state index >= 15 is 0 Å². The molecule has 0 aromatic carbocycles. The van der Waals surface area contributed by atoms with Crippen LogP contribution >= 0.6 is 23.4 Å². The number of pyridine rings is 1. The third-order valence-corrected chi connectivity index (χ3v) is 2.85. The van der Waals surface area contributed by atoms with Gasteiger partial charge >= 0.3 is 6.18 Å². The quantitative estimate of drug-likeness (QED) is 0.919. The smallest absolute Gasteiger partial charge is 0.368 e. The molecule has 100 valence electrons. The summed E-state index contributed by atoms with van der Waals surface area (Å²) in [6, 6.07) is 2.13. The first-order valence-electron chi connectivity index (χ1n) is 4.73. The molecule has 10 heteroatoms. The summed E-state index contributed by atoms with van der Waals surface area (Å²) in [4.78, 5) is 14.8. The Morgan fingerprint density at radius 2 is 1.89 bits per heavy atom. The third-order valence-electron chi connectivity index (χ3n) is 1.86. The lowest BCUT2D eigenvalue weighted by Crippen LogP contribution is -2.05. The standard InChI is InChI=1S/C9H5ClF3N5S/c10-6-16-7(14)18-8(17-6)19-5-2-1-4(3-15-5)9(11,12)13/h1-3H,(H2,14,16,17,18). The first-order chi connectivity index (χ1) is 8.84. The Kier molecular flexibility index (Phi) is 3.76. The maximum Gasteiger partial charge on any atom is 0.417 e. The molecule has 2 aromatic heterocycles. The topological polar surface area (TPSA) is 77.6 Å². The SMILES string of the molecule is Nc1nc(Cl)nc(Sc2ccc(C(F)(F)F)cn2)n1. The minimum atomic E-state index is -4.42. The van der Waals surface area contributed by atoms with Crippen LogP contribution in [-0.4, -0.2) is 19.9 Å². The van der Waals surface area contributed by atoms with Crippen LogP contribution in [0.2, 0.25) is 5.28 Å². The number of halogens is 4. The molecule has 0 aliphatic carbocycles. The van der Waals surface area contributed by atoms with E-state index < -0.39 is 11.7 Å². The van der Waals surface area contributed by atoms with Crippen molar-refractivity contribution in [3.8, 4) is 0 Å². The van der Waals surface area contributed by atoms with Gasteiger partial charge in [0, 0.05) is 6.20 Å². The summed E-state index contributed by atoms with van der Waals surface area (Å²) in [5.41, 5.74) is 4.54. The van der Waals surface area contributed by atoms with Gasteiger partial charge in [0.15, 0.2) is 5.16 Å². The van der Waals surface area contributed by atoms with Crippen molar-refractivity contribution >= 4 is 29.3 Å². The Morgan fingerprint density at radius 1 is 1.16 bits per heavy atom. The molecule has 0 saturated carbocycles. The Labute approximate surface area is 114 Å². The van der Waals surface area contributed by atoms with E-state index in [0.717, 1.165) is 24.0 Å². The van der Waals surface area contributed by atoms with E-state index in [1.54, 1.807) is 0 Å². The molecule has 0 aliphatic heterocycles. The van der Waals surface area contributed by atoms with Crippen LogP contribution in [0.1, 0.15) is 5.56 Å². The molecule has 0 saturated heterocycles. The Hall–Kier alpha value is -1.61. The van der Waals surface area contributed by atoms with Crippen molar-refractivity contribution in [2.24, 2.45) is 0 Å². The molecule has 0 bridgehead atoms. The van der Waals surface area contributed by atoms with Crippen molar-refractivity contribution < 1.29 is 13.2 Å². The first kappa shape index (κ1) is 13.8. The summed E-state index contributed by atoms with van der Waals surface area (Å²) < 4.78 is 37.0. The van der Waals surface area contributed by atoms with E-state index in [-0.39, 0.29) is 21.4 Å². The minimum Gasteiger partial charge on any atom is -0.368 e. The summed E-state index contributed by atoms with van der Waals surface area (Å²) in [7, 11) is 0. The van der Waals surface area contributed by atoms with Gasteiger partial charge in [-0.05, 0) is 35.5 Å². The average Bonchev–Trinajstić information content (AvgIpc) is 2.26. The summed E-state index contributed by atoms with van der Waals surface area (Å²) in [6.45, 7) is 0. The number of hydrogen-bond acceptors (Lipinski definition) is 6. The van der Waals surface area contributed by atoms with Crippen LogP contribution in [0.3, 0.4) is 0 Å². The molecule has 0 amide bonds. The zero-order valence-corrected chi connectivity index (χ0v) is 10.6. The number of nitrogen functional groups attached to an aromatic ring is 1. The second-order valence-electron chi connectivity index (χ2n) is 3.23. The average molecular weight is 308 g/mol. The maximum absolute atomic E-state index is 12.3. The van der Waals surface area contributed by atoms with E-state index in [1.807, 2.05) is 0 Å². The predicted molar refractivity (Wildman–Crippen MR) is 62.6 cm³/mol. The van der Waals surface area contributed by atoms with Gasteiger partial charge < -0.3 is 5.73 Å². The van der Waals surface area contributed by atoms with Crippen LogP contribution in [0.25, 0.3) is 0 Å². The van der Waals surface area contributed by atoms with E-state index in [0.29, 0.717) is 0 Å². The number of hydrogen-bond donors (Lipinski definition) is 1. The number of rotatable bonds is 2. The molecular formula is C9H5ClF3N5S. The van der Waals surface area contributed by atoms with Crippen LogP contribution in [-0.2, 0) is 6.18 Å². The summed E-state index contributed by atoms with van der Waals surface area (Å²) >= 11 is 6.51. The number of nitrogens with two attached hydrogens (primary N) is 1. The lowest BCUT2D eigenvalue weighted by atomic mass is 10.3. The summed E-state index contributed by atoms with van der Waals surface area (Å²) in [5, 5.41) is 0.348. The number of anilines is 1. The van der Waals surface area contributed by atoms with Crippen molar-refractivity contribution in [3.63, 3.8) is 0 Å². The molecule has 2 N–H and O–H groups in total. The number of alkyl halides is 3. The third kappa shape index (κ3) is 3.67. The molecule has 5 nitrogen and oxygen atoms in total. The van der Waals surface area contributed by atoms with Gasteiger partial charge in [0.05, 0.1) is 5.56 Å². The predicted octanol–water partition coefficient (Wildman–Crippen LogP) is 2.67. The van der Waals surface area contributed by atoms with E-state index in [1.165, 1.54) is 6.07 Å². The molecule has 0 fully saturated rings. The highest BCUT2D eigenvalue weighted by Crippen LogP contribution is 2.30. The number of aromatic nitrogens is 4. The zero-order valence-electron chi connectivity index (χ0n) is 9.02. The van der Waals surface area contributed by atoms with Gasteiger partial charge in [0.1, 0.15) is 5.03 Å². The van der Waals surface area contributed by atoms with Crippen molar-refractivity contribution in [2.45, 2.75) is 16.4 Å². The number of nitrogens with zero attached hydrogens (tertiary/aromatic N) is 4. The molecule has 2 heterocycles. The summed E-state index contributed by atoms with van der Waals surface area (Å²) in [6.07, 6.45) is -3.69. The molecule has 0 atom stereocenters. The molecule has 19 heavy (non-hydrogen) atoms. The fraction of sp³-hybridized carbons (Fsp3) is 0.111. The Balaban J connectivity index is 2.20. The van der Waals surface area contributed by atoms with Crippen LogP contribution in [0.4, 0.5) is 19.1 Å². The highest BCUT2D eigenvalue weighted by molar-refractivity contribution is 7.99. The highest BCUT2D eigenvalue weighted by Gasteiger charge is 2.30. The van der Waals surface area contributed by atoms with Crippen LogP contribution in [0, 0.1) is 0 Å². The fourth-order valence-corrected chi connectivity index (χ4v) is 2.01. The zero-order chi connectivity index (χ0) is 14.0. The van der Waals surface area contributed by atoms with Gasteiger partial charge in [0.2, 0.25) is 11.2 Å². The van der Waals surface area contributed by atoms with Crippen molar-refractivity contribution in [1.82, 2.24) is 19.9 Å². The van der Waals surface area contributed by atoms with Crippen LogP contribution in [0.15, 0.2) is 28.5 Å². The van der Waals surface area contributed by atoms with Gasteiger partial charge in [-0.2, -0.15) is 28.1 Å². The molecular weight excluding hydrogens is 303 g/mol. The Bertz CT molecular complexity index is 569. The van der Waals surface area contributed by atoms with Crippen molar-refractivity contribution in [3.05, 3.63) is 29.2 Å². The molecule has 0 aliphatic rings. The molecule has 0 unspecified atom stereocenters. The monoisotopic (exact) mass is 307 g/mol. The van der Waals surface area contributed by atoms with E-state index in [9.17, 15) is 13.2 Å². The van der Waals surface area contributed by atoms with Gasteiger partial charge in [-0.25, -0.2) is 4.98 Å². The second kappa shape index (κ2) is 5.17. The second-order valence-corrected chi connectivity index (χ2v) is 4.56. The van der Waals surface area contributed by atoms with Crippen LogP contribution in [0.5, 0.6) is 0 Å². The lowest BCUT2D eigenvalue weighted by molar-refractivity contribution is -0.137. The van der Waals surface area contributed by atoms with Crippen molar-refractivity contribution in [1.29, 1.82) is 0 Å². The normalized spacial score (nSPS) is 11.6. The van der Waals surface area contributed by atoms with E-state index in [2.05, 4.69) is 19.9 Å². The Morgan fingerprint density at radius 3 is 2.42 bits per heavy atom. The lowest BCUT2D eigenvalue weighted by Gasteiger charge is -2.06. The molecule has 2 rings (SSSR count). The van der Waals surface area contributed by atoms with Crippen molar-refractivity contribution in [2.75, 3.05) is 5.73 Å². The first-order valence-corrected chi connectivity index (χ1v) is 5.92. The highest BCUT2D eigenvalue weighted by atomic mass is 35.5. The molecule has 0 spiro atoms. The summed E-state index contributed by atoms with van der Waals surface area (Å²) in [5.74, 6) is -0.0746.